The van der Waals surface area contributed by atoms with Crippen molar-refractivity contribution in [1.82, 2.24) is 0 Å². The molecule has 2 aromatic carbocycles. The minimum Gasteiger partial charge on any atom is -0.370 e. The van der Waals surface area contributed by atoms with Crippen LogP contribution in [0.5, 0.6) is 0 Å². The molecule has 1 aliphatic rings. The predicted molar refractivity (Wildman–Crippen MR) is 90.1 cm³/mol. The van der Waals surface area contributed by atoms with E-state index in [1.807, 2.05) is 6.07 Å². The van der Waals surface area contributed by atoms with Crippen molar-refractivity contribution in [2.24, 2.45) is 5.73 Å². The molecule has 0 aliphatic carbocycles. The molecule has 0 saturated carbocycles. The zero-order chi connectivity index (χ0) is 16.2. The molecule has 1 saturated heterocycles. The number of nitrogens with one attached hydrogen (secondary N) is 1. The number of rotatable bonds is 4. The Bertz CT molecular complexity index is 694. The number of hydrogen-bond donors (Lipinski definition) is 2. The molecule has 120 valence electrons. The molecule has 0 spiro atoms. The highest BCUT2D eigenvalue weighted by Gasteiger charge is 2.20. The maximum atomic E-state index is 14.2. The van der Waals surface area contributed by atoms with Gasteiger partial charge in [0, 0.05) is 25.2 Å². The van der Waals surface area contributed by atoms with Crippen molar-refractivity contribution in [3.63, 3.8) is 0 Å². The van der Waals surface area contributed by atoms with Crippen LogP contribution in [0.4, 0.5) is 15.8 Å². The molecule has 0 aromatic heterocycles. The lowest BCUT2D eigenvalue weighted by molar-refractivity contribution is 0.102. The fourth-order valence-electron chi connectivity index (χ4n) is 2.84. The first-order valence-electron chi connectivity index (χ1n) is 7.83. The van der Waals surface area contributed by atoms with E-state index in [0.717, 1.165) is 37.2 Å². The molecule has 23 heavy (non-hydrogen) atoms. The number of amides is 1. The Hall–Kier alpha value is -2.40. The van der Waals surface area contributed by atoms with Crippen molar-refractivity contribution >= 4 is 17.3 Å². The highest BCUT2D eigenvalue weighted by molar-refractivity contribution is 6.06. The lowest BCUT2D eigenvalue weighted by Gasteiger charge is -2.22. The van der Waals surface area contributed by atoms with Gasteiger partial charge in [-0.3, -0.25) is 4.79 Å². The first-order valence-corrected chi connectivity index (χ1v) is 7.83. The Morgan fingerprint density at radius 1 is 1.13 bits per heavy atom. The van der Waals surface area contributed by atoms with Crippen LogP contribution in [0, 0.1) is 5.82 Å². The van der Waals surface area contributed by atoms with E-state index in [1.165, 1.54) is 6.07 Å². The number of halogens is 1. The summed E-state index contributed by atoms with van der Waals surface area (Å²) in [4.78, 5) is 14.5. The lowest BCUT2D eigenvalue weighted by Crippen LogP contribution is -2.22. The van der Waals surface area contributed by atoms with Gasteiger partial charge in [0.2, 0.25) is 0 Å². The molecular weight excluding hydrogens is 293 g/mol. The molecule has 2 aromatic rings. The SMILES string of the molecule is NCc1ccc(C(=O)Nc2c(F)cccc2N2CCCC2)cc1. The molecule has 0 unspecified atom stereocenters. The van der Waals surface area contributed by atoms with Gasteiger partial charge in [0.05, 0.1) is 5.69 Å². The number of carbonyl (C=O) groups is 1. The van der Waals surface area contributed by atoms with E-state index in [9.17, 15) is 9.18 Å². The minimum absolute atomic E-state index is 0.252. The van der Waals surface area contributed by atoms with E-state index < -0.39 is 5.82 Å². The average molecular weight is 313 g/mol. The third-order valence-corrected chi connectivity index (χ3v) is 4.13. The van der Waals surface area contributed by atoms with Crippen molar-refractivity contribution < 1.29 is 9.18 Å². The van der Waals surface area contributed by atoms with Crippen molar-refractivity contribution in [2.75, 3.05) is 23.3 Å². The zero-order valence-corrected chi connectivity index (χ0v) is 12.9. The minimum atomic E-state index is -0.415. The monoisotopic (exact) mass is 313 g/mol. The van der Waals surface area contributed by atoms with E-state index >= 15 is 0 Å². The maximum absolute atomic E-state index is 14.2. The fraction of sp³-hybridized carbons (Fsp3) is 0.278. The average Bonchev–Trinajstić information content (AvgIpc) is 3.11. The maximum Gasteiger partial charge on any atom is 0.255 e. The third kappa shape index (κ3) is 3.35. The van der Waals surface area contributed by atoms with Crippen LogP contribution in [-0.2, 0) is 6.54 Å². The zero-order valence-electron chi connectivity index (χ0n) is 12.9. The van der Waals surface area contributed by atoms with Gasteiger partial charge in [0.1, 0.15) is 11.5 Å². The van der Waals surface area contributed by atoms with Crippen LogP contribution in [-0.4, -0.2) is 19.0 Å². The Morgan fingerprint density at radius 3 is 2.48 bits per heavy atom. The molecule has 1 heterocycles. The Morgan fingerprint density at radius 2 is 1.83 bits per heavy atom. The number of nitrogens with two attached hydrogens (primary N) is 1. The first kappa shape index (κ1) is 15.5. The first-order chi connectivity index (χ1) is 11.2. The number of hydrogen-bond acceptors (Lipinski definition) is 3. The summed E-state index contributed by atoms with van der Waals surface area (Å²) in [5, 5.41) is 2.72. The van der Waals surface area contributed by atoms with E-state index in [1.54, 1.807) is 30.3 Å². The van der Waals surface area contributed by atoms with E-state index in [4.69, 9.17) is 5.73 Å². The van der Waals surface area contributed by atoms with Crippen molar-refractivity contribution in [3.05, 3.63) is 59.4 Å². The largest absolute Gasteiger partial charge is 0.370 e. The van der Waals surface area contributed by atoms with E-state index in [2.05, 4.69) is 10.2 Å². The molecule has 0 bridgehead atoms. The summed E-state index contributed by atoms with van der Waals surface area (Å²) >= 11 is 0. The molecule has 0 radical (unpaired) electrons. The van der Waals surface area contributed by atoms with Gasteiger partial charge < -0.3 is 16.0 Å². The second-order valence-corrected chi connectivity index (χ2v) is 5.68. The normalized spacial score (nSPS) is 14.1. The molecule has 1 amide bonds. The Balaban J connectivity index is 1.85. The number of para-hydroxylation sites is 1. The summed E-state index contributed by atoms with van der Waals surface area (Å²) in [6.07, 6.45) is 2.18. The second kappa shape index (κ2) is 6.79. The summed E-state index contributed by atoms with van der Waals surface area (Å²) in [5.74, 6) is -0.736. The summed E-state index contributed by atoms with van der Waals surface area (Å²) in [5.41, 5.74) is 7.98. The molecule has 3 rings (SSSR count). The van der Waals surface area contributed by atoms with Gasteiger partial charge in [-0.15, -0.1) is 0 Å². The van der Waals surface area contributed by atoms with E-state index in [0.29, 0.717) is 12.1 Å². The number of benzene rings is 2. The van der Waals surface area contributed by atoms with Crippen LogP contribution in [0.3, 0.4) is 0 Å². The molecule has 1 aliphatic heterocycles. The predicted octanol–water partition coefficient (Wildman–Crippen LogP) is 3.14. The molecule has 3 N–H and O–H groups in total. The lowest BCUT2D eigenvalue weighted by atomic mass is 10.1. The van der Waals surface area contributed by atoms with Gasteiger partial charge in [0.15, 0.2) is 0 Å². The van der Waals surface area contributed by atoms with Crippen LogP contribution < -0.4 is 16.0 Å². The standard InChI is InChI=1S/C18H20FN3O/c19-15-4-3-5-16(22-10-1-2-11-22)17(15)21-18(23)14-8-6-13(12-20)7-9-14/h3-9H,1-2,10-12,20H2,(H,21,23). The van der Waals surface area contributed by atoms with Crippen LogP contribution in [0.1, 0.15) is 28.8 Å². The Labute approximate surface area is 135 Å². The van der Waals surface area contributed by atoms with Crippen molar-refractivity contribution in [3.8, 4) is 0 Å². The van der Waals surface area contributed by atoms with Crippen LogP contribution in [0.15, 0.2) is 42.5 Å². The van der Waals surface area contributed by atoms with Gasteiger partial charge in [-0.25, -0.2) is 4.39 Å². The summed E-state index contributed by atoms with van der Waals surface area (Å²) in [6.45, 7) is 2.20. The van der Waals surface area contributed by atoms with Crippen LogP contribution in [0.25, 0.3) is 0 Å². The van der Waals surface area contributed by atoms with Gasteiger partial charge in [0.25, 0.3) is 5.91 Å². The van der Waals surface area contributed by atoms with E-state index in [-0.39, 0.29) is 11.6 Å². The molecule has 1 fully saturated rings. The summed E-state index contributed by atoms with van der Waals surface area (Å²) in [6, 6.07) is 11.9. The van der Waals surface area contributed by atoms with Gasteiger partial charge in [-0.1, -0.05) is 18.2 Å². The topological polar surface area (TPSA) is 58.4 Å². The molecule has 4 nitrogen and oxygen atoms in total. The van der Waals surface area contributed by atoms with Gasteiger partial charge >= 0.3 is 0 Å². The van der Waals surface area contributed by atoms with Gasteiger partial charge in [-0.2, -0.15) is 0 Å². The van der Waals surface area contributed by atoms with Crippen molar-refractivity contribution in [1.29, 1.82) is 0 Å². The smallest absolute Gasteiger partial charge is 0.255 e. The summed E-state index contributed by atoms with van der Waals surface area (Å²) < 4.78 is 14.2. The van der Waals surface area contributed by atoms with Crippen LogP contribution in [0.2, 0.25) is 0 Å². The molecule has 5 heteroatoms. The molecular formula is C18H20FN3O. The van der Waals surface area contributed by atoms with Crippen LogP contribution >= 0.6 is 0 Å². The number of nitrogens with zero attached hydrogens (tertiary/aromatic N) is 1. The van der Waals surface area contributed by atoms with Gasteiger partial charge in [-0.05, 0) is 42.7 Å². The highest BCUT2D eigenvalue weighted by Crippen LogP contribution is 2.31. The highest BCUT2D eigenvalue weighted by atomic mass is 19.1. The Kier molecular flexibility index (Phi) is 4.57. The fourth-order valence-corrected chi connectivity index (χ4v) is 2.84. The number of carbonyl (C=O) groups excluding carboxylic acids is 1. The quantitative estimate of drug-likeness (QED) is 0.911. The second-order valence-electron chi connectivity index (χ2n) is 5.68. The third-order valence-electron chi connectivity index (χ3n) is 4.13. The molecule has 0 atom stereocenters. The van der Waals surface area contributed by atoms with Crippen molar-refractivity contribution in [2.45, 2.75) is 19.4 Å². The summed E-state index contributed by atoms with van der Waals surface area (Å²) in [7, 11) is 0. The number of anilines is 2.